The lowest BCUT2D eigenvalue weighted by atomic mass is 10.5. The van der Waals surface area contributed by atoms with Gasteiger partial charge in [-0.2, -0.15) is 0 Å². The summed E-state index contributed by atoms with van der Waals surface area (Å²) in [6, 6.07) is 0. The van der Waals surface area contributed by atoms with Gasteiger partial charge >= 0.3 is 11.9 Å². The molecule has 0 atom stereocenters. The molecule has 0 aromatic heterocycles. The molecule has 0 aliphatic heterocycles. The van der Waals surface area contributed by atoms with Crippen LogP contribution in [-0.4, -0.2) is 22.2 Å². The maximum absolute atomic E-state index is 9.55. The fourth-order valence-electron chi connectivity index (χ4n) is 0.535. The molecule has 2 N–H and O–H groups in total. The Morgan fingerprint density at radius 3 is 1.54 bits per heavy atom. The number of carbonyl (C=O) groups is 2. The molecule has 0 saturated heterocycles. The van der Waals surface area contributed by atoms with Crippen molar-refractivity contribution in [2.75, 3.05) is 0 Å². The molecule has 0 radical (unpaired) electrons. The van der Waals surface area contributed by atoms with Crippen LogP contribution in [0.15, 0.2) is 36.5 Å². The van der Waals surface area contributed by atoms with E-state index in [2.05, 4.69) is 24.3 Å². The first kappa shape index (κ1) is 11.2. The second-order valence-electron chi connectivity index (χ2n) is 2.10. The van der Waals surface area contributed by atoms with Crippen LogP contribution in [0.25, 0.3) is 0 Å². The predicted octanol–water partition coefficient (Wildman–Crippen LogP) is 1.21. The maximum Gasteiger partial charge on any atom is 0.328 e. The Morgan fingerprint density at radius 1 is 1.00 bits per heavy atom. The van der Waals surface area contributed by atoms with E-state index in [0.29, 0.717) is 12.2 Å². The van der Waals surface area contributed by atoms with Crippen LogP contribution in [0.5, 0.6) is 0 Å². The number of hydrogen-bond donors (Lipinski definition) is 2. The van der Waals surface area contributed by atoms with Crippen molar-refractivity contribution in [2.24, 2.45) is 0 Å². The maximum atomic E-state index is 9.55. The highest BCUT2D eigenvalue weighted by Crippen LogP contribution is 1.93. The predicted molar refractivity (Wildman–Crippen MR) is 47.3 cm³/mol. The van der Waals surface area contributed by atoms with Crippen LogP contribution in [0.1, 0.15) is 6.42 Å². The zero-order valence-corrected chi connectivity index (χ0v) is 6.88. The molecule has 1 aliphatic rings. The number of carboxylic acids is 2. The lowest BCUT2D eigenvalue weighted by molar-refractivity contribution is -0.134. The van der Waals surface area contributed by atoms with Crippen LogP contribution < -0.4 is 0 Å². The Morgan fingerprint density at radius 2 is 1.38 bits per heavy atom. The van der Waals surface area contributed by atoms with Crippen LogP contribution in [0.2, 0.25) is 0 Å². The second-order valence-corrected chi connectivity index (χ2v) is 2.10. The van der Waals surface area contributed by atoms with E-state index in [0.717, 1.165) is 6.42 Å². The smallest absolute Gasteiger partial charge is 0.328 e. The summed E-state index contributed by atoms with van der Waals surface area (Å²) < 4.78 is 0. The van der Waals surface area contributed by atoms with Gasteiger partial charge in [0.25, 0.3) is 0 Å². The van der Waals surface area contributed by atoms with E-state index in [4.69, 9.17) is 10.2 Å². The van der Waals surface area contributed by atoms with Crippen molar-refractivity contribution < 1.29 is 19.8 Å². The molecule has 0 bridgehead atoms. The van der Waals surface area contributed by atoms with Crippen LogP contribution >= 0.6 is 0 Å². The molecular weight excluding hydrogens is 172 g/mol. The minimum atomic E-state index is -1.26. The van der Waals surface area contributed by atoms with Crippen molar-refractivity contribution in [3.8, 4) is 0 Å². The lowest BCUT2D eigenvalue weighted by Crippen LogP contribution is -1.91. The van der Waals surface area contributed by atoms with E-state index >= 15 is 0 Å². The standard InChI is InChI=1S/C5H6.C4H4O4/c1-2-4-5-3-1;5-3(6)1-2-4(7)8/h1-4H,5H2;1-2H,(H,5,6)(H,7,8)/b;2-1-. The van der Waals surface area contributed by atoms with Crippen LogP contribution in [0.4, 0.5) is 0 Å². The van der Waals surface area contributed by atoms with Gasteiger partial charge in [0.1, 0.15) is 0 Å². The lowest BCUT2D eigenvalue weighted by Gasteiger charge is -1.74. The van der Waals surface area contributed by atoms with Gasteiger partial charge in [-0.1, -0.05) is 24.3 Å². The quantitative estimate of drug-likeness (QED) is 0.629. The minimum Gasteiger partial charge on any atom is -0.478 e. The summed E-state index contributed by atoms with van der Waals surface area (Å²) in [7, 11) is 0. The molecule has 13 heavy (non-hydrogen) atoms. The van der Waals surface area contributed by atoms with Gasteiger partial charge in [0.15, 0.2) is 0 Å². The molecule has 0 unspecified atom stereocenters. The number of aliphatic carboxylic acids is 2. The Balaban J connectivity index is 0.000000243. The van der Waals surface area contributed by atoms with E-state index in [1.165, 1.54) is 0 Å². The van der Waals surface area contributed by atoms with Gasteiger partial charge in [-0.15, -0.1) is 0 Å². The first-order valence-corrected chi connectivity index (χ1v) is 3.58. The van der Waals surface area contributed by atoms with E-state index in [1.54, 1.807) is 0 Å². The third-order valence-electron chi connectivity index (χ3n) is 1.02. The third kappa shape index (κ3) is 10.2. The van der Waals surface area contributed by atoms with Gasteiger partial charge in [0.05, 0.1) is 0 Å². The zero-order chi connectivity index (χ0) is 10.1. The Hall–Kier alpha value is -1.84. The highest BCUT2D eigenvalue weighted by atomic mass is 16.4. The van der Waals surface area contributed by atoms with Crippen molar-refractivity contribution >= 4 is 11.9 Å². The number of hydrogen-bond acceptors (Lipinski definition) is 2. The molecule has 4 heteroatoms. The van der Waals surface area contributed by atoms with Gasteiger partial charge in [-0.25, -0.2) is 9.59 Å². The average Bonchev–Trinajstić information content (AvgIpc) is 2.57. The molecule has 1 aliphatic carbocycles. The second kappa shape index (κ2) is 6.84. The van der Waals surface area contributed by atoms with E-state index in [9.17, 15) is 9.59 Å². The monoisotopic (exact) mass is 182 g/mol. The molecule has 0 saturated carbocycles. The fourth-order valence-corrected chi connectivity index (χ4v) is 0.535. The zero-order valence-electron chi connectivity index (χ0n) is 6.88. The van der Waals surface area contributed by atoms with Gasteiger partial charge in [0.2, 0.25) is 0 Å². The van der Waals surface area contributed by atoms with E-state index < -0.39 is 11.9 Å². The molecule has 1 rings (SSSR count). The summed E-state index contributed by atoms with van der Waals surface area (Å²) in [5.74, 6) is -2.51. The number of carboxylic acid groups (broad SMARTS) is 2. The van der Waals surface area contributed by atoms with Crippen molar-refractivity contribution in [3.05, 3.63) is 36.5 Å². The molecule has 0 spiro atoms. The van der Waals surface area contributed by atoms with Crippen LogP contribution in [0, 0.1) is 0 Å². The fraction of sp³-hybridized carbons (Fsp3) is 0.111. The molecule has 0 heterocycles. The van der Waals surface area contributed by atoms with Crippen LogP contribution in [0.3, 0.4) is 0 Å². The normalized spacial score (nSPS) is 12.6. The van der Waals surface area contributed by atoms with E-state index in [-0.39, 0.29) is 0 Å². The van der Waals surface area contributed by atoms with Crippen molar-refractivity contribution in [1.29, 1.82) is 0 Å². The van der Waals surface area contributed by atoms with Gasteiger partial charge < -0.3 is 10.2 Å². The Bertz CT molecular complexity index is 235. The summed E-state index contributed by atoms with van der Waals surface area (Å²) in [4.78, 5) is 19.1. The van der Waals surface area contributed by atoms with Gasteiger partial charge in [0, 0.05) is 12.2 Å². The highest BCUT2D eigenvalue weighted by molar-refractivity contribution is 5.89. The minimum absolute atomic E-state index is 0.558. The first-order chi connectivity index (χ1) is 6.13. The number of allylic oxidation sites excluding steroid dienone is 4. The molecular formula is C9H10O4. The van der Waals surface area contributed by atoms with Gasteiger partial charge in [-0.05, 0) is 6.42 Å². The molecule has 4 nitrogen and oxygen atoms in total. The Kier molecular flexibility index (Phi) is 5.88. The van der Waals surface area contributed by atoms with E-state index in [1.807, 2.05) is 0 Å². The molecule has 70 valence electrons. The largest absolute Gasteiger partial charge is 0.478 e. The third-order valence-corrected chi connectivity index (χ3v) is 1.02. The molecule has 0 amide bonds. The summed E-state index contributed by atoms with van der Waals surface area (Å²) in [5.41, 5.74) is 0. The first-order valence-electron chi connectivity index (χ1n) is 3.58. The summed E-state index contributed by atoms with van der Waals surface area (Å²) in [5, 5.41) is 15.6. The summed E-state index contributed by atoms with van der Waals surface area (Å²) in [6.07, 6.45) is 10.6. The Labute approximate surface area is 75.5 Å². The van der Waals surface area contributed by atoms with Gasteiger partial charge in [-0.3, -0.25) is 0 Å². The molecule has 0 aromatic rings. The van der Waals surface area contributed by atoms with Crippen molar-refractivity contribution in [1.82, 2.24) is 0 Å². The van der Waals surface area contributed by atoms with Crippen molar-refractivity contribution in [3.63, 3.8) is 0 Å². The molecule has 0 fully saturated rings. The summed E-state index contributed by atoms with van der Waals surface area (Å²) >= 11 is 0. The topological polar surface area (TPSA) is 74.6 Å². The average molecular weight is 182 g/mol. The number of rotatable bonds is 2. The van der Waals surface area contributed by atoms with Crippen LogP contribution in [-0.2, 0) is 9.59 Å². The van der Waals surface area contributed by atoms with Crippen molar-refractivity contribution in [2.45, 2.75) is 6.42 Å². The summed E-state index contributed by atoms with van der Waals surface area (Å²) in [6.45, 7) is 0. The highest BCUT2D eigenvalue weighted by Gasteiger charge is 1.88. The molecule has 0 aromatic carbocycles. The SMILES string of the molecule is C1=CCC=C1.O=C(O)/C=C\C(=O)O.